The summed E-state index contributed by atoms with van der Waals surface area (Å²) in [6, 6.07) is 4.79. The van der Waals surface area contributed by atoms with Gasteiger partial charge in [-0.1, -0.05) is 13.8 Å². The number of aromatic nitrogens is 2. The average Bonchev–Trinajstić information content (AvgIpc) is 3.81. The molecule has 4 atom stereocenters. The minimum atomic E-state index is -0.892. The molecule has 3 fully saturated rings. The fourth-order valence-electron chi connectivity index (χ4n) is 8.11. The first-order valence-electron chi connectivity index (χ1n) is 17.8. The van der Waals surface area contributed by atoms with E-state index in [-0.39, 0.29) is 12.1 Å². The maximum absolute atomic E-state index is 14.4. The Morgan fingerprint density at radius 2 is 1.67 bits per heavy atom. The van der Waals surface area contributed by atoms with E-state index < -0.39 is 11.6 Å². The average molecular weight is 633 g/mol. The van der Waals surface area contributed by atoms with Crippen LogP contribution in [0.5, 0.6) is 5.75 Å². The summed E-state index contributed by atoms with van der Waals surface area (Å²) >= 11 is 0. The molecule has 10 nitrogen and oxygen atoms in total. The SMILES string of the molecule is CCC(C)(CN1CCN(c2cc(N3CCCC3)nc(N3CCCC3)n2)C(C)C1)C([O])N(C)c1cc2c(c(C)c1C)OCCC2[N]C. The summed E-state index contributed by atoms with van der Waals surface area (Å²) in [7, 11) is 3.86. The van der Waals surface area contributed by atoms with Gasteiger partial charge in [0.2, 0.25) is 5.95 Å². The molecule has 10 heteroatoms. The first-order valence-corrected chi connectivity index (χ1v) is 17.8. The van der Waals surface area contributed by atoms with Crippen LogP contribution >= 0.6 is 0 Å². The van der Waals surface area contributed by atoms with Crippen molar-refractivity contribution in [2.45, 2.75) is 91.5 Å². The van der Waals surface area contributed by atoms with Crippen molar-refractivity contribution in [3.63, 3.8) is 0 Å². The lowest BCUT2D eigenvalue weighted by molar-refractivity contribution is -0.0400. The molecule has 1 aromatic heterocycles. The zero-order valence-electron chi connectivity index (χ0n) is 29.4. The van der Waals surface area contributed by atoms with Crippen molar-refractivity contribution in [1.82, 2.24) is 20.2 Å². The lowest BCUT2D eigenvalue weighted by Gasteiger charge is -2.46. The zero-order chi connectivity index (χ0) is 32.6. The van der Waals surface area contributed by atoms with Gasteiger partial charge in [-0.05, 0) is 70.1 Å². The molecule has 0 aliphatic carbocycles. The highest BCUT2D eigenvalue weighted by Gasteiger charge is 2.40. The number of nitrogens with zero attached hydrogens (tertiary/aromatic N) is 8. The quantitative estimate of drug-likeness (QED) is 0.332. The first-order chi connectivity index (χ1) is 22.1. The topological polar surface area (TPSA) is 85.2 Å². The van der Waals surface area contributed by atoms with Gasteiger partial charge in [0.25, 0.3) is 0 Å². The van der Waals surface area contributed by atoms with Crippen LogP contribution in [-0.2, 0) is 5.11 Å². The molecule has 252 valence electrons. The normalized spacial score (nSPS) is 24.1. The Bertz CT molecular complexity index is 1330. The third-order valence-electron chi connectivity index (χ3n) is 11.4. The van der Waals surface area contributed by atoms with Gasteiger partial charge in [0.1, 0.15) is 17.4 Å². The van der Waals surface area contributed by atoms with E-state index >= 15 is 0 Å². The second kappa shape index (κ2) is 13.7. The Labute approximate surface area is 277 Å². The monoisotopic (exact) mass is 632 g/mol. The van der Waals surface area contributed by atoms with Crippen LogP contribution in [0.3, 0.4) is 0 Å². The highest BCUT2D eigenvalue weighted by Crippen LogP contribution is 2.43. The number of fused-ring (bicyclic) bond motifs is 1. The Kier molecular flexibility index (Phi) is 9.88. The van der Waals surface area contributed by atoms with Crippen molar-refractivity contribution >= 4 is 23.3 Å². The van der Waals surface area contributed by atoms with Crippen molar-refractivity contribution in [3.8, 4) is 5.75 Å². The van der Waals surface area contributed by atoms with E-state index in [0.29, 0.717) is 6.61 Å². The molecule has 46 heavy (non-hydrogen) atoms. The Morgan fingerprint density at radius 3 is 2.33 bits per heavy atom. The molecule has 6 rings (SSSR count). The first kappa shape index (κ1) is 33.1. The van der Waals surface area contributed by atoms with Gasteiger partial charge in [-0.25, -0.2) is 10.4 Å². The van der Waals surface area contributed by atoms with E-state index in [1.54, 1.807) is 0 Å². The van der Waals surface area contributed by atoms with E-state index in [1.165, 1.54) is 25.7 Å². The molecule has 4 unspecified atom stereocenters. The summed E-state index contributed by atoms with van der Waals surface area (Å²) in [5, 5.41) is 19.1. The number of anilines is 4. The van der Waals surface area contributed by atoms with Gasteiger partial charge >= 0.3 is 0 Å². The molecule has 4 aliphatic rings. The lowest BCUT2D eigenvalue weighted by atomic mass is 9.83. The molecule has 2 radical (unpaired) electrons. The van der Waals surface area contributed by atoms with E-state index in [0.717, 1.165) is 111 Å². The van der Waals surface area contributed by atoms with Gasteiger partial charge in [-0.2, -0.15) is 9.97 Å². The van der Waals surface area contributed by atoms with Crippen LogP contribution < -0.4 is 29.7 Å². The zero-order valence-corrected chi connectivity index (χ0v) is 29.4. The molecular formula is C36H56N8O2. The smallest absolute Gasteiger partial charge is 0.229 e. The number of hydrogen-bond acceptors (Lipinski definition) is 8. The van der Waals surface area contributed by atoms with Crippen molar-refractivity contribution in [2.24, 2.45) is 5.41 Å². The van der Waals surface area contributed by atoms with Crippen LogP contribution in [0, 0.1) is 19.3 Å². The van der Waals surface area contributed by atoms with Gasteiger partial charge in [0.05, 0.1) is 12.6 Å². The van der Waals surface area contributed by atoms with Crippen molar-refractivity contribution < 1.29 is 9.84 Å². The summed E-state index contributed by atoms with van der Waals surface area (Å²) in [5.74, 6) is 3.96. The summed E-state index contributed by atoms with van der Waals surface area (Å²) in [6.07, 6.45) is 5.68. The van der Waals surface area contributed by atoms with Gasteiger partial charge in [-0.3, -0.25) is 4.90 Å². The summed E-state index contributed by atoms with van der Waals surface area (Å²) in [4.78, 5) is 21.9. The van der Waals surface area contributed by atoms with Crippen LogP contribution in [0.4, 0.5) is 23.3 Å². The largest absolute Gasteiger partial charge is 0.493 e. The Hall–Kier alpha value is -2.82. The Balaban J connectivity index is 1.17. The van der Waals surface area contributed by atoms with Crippen LogP contribution in [0.15, 0.2) is 12.1 Å². The number of rotatable bonds is 10. The molecular weight excluding hydrogens is 576 g/mol. The maximum atomic E-state index is 14.4. The highest BCUT2D eigenvalue weighted by molar-refractivity contribution is 5.64. The van der Waals surface area contributed by atoms with E-state index in [2.05, 4.69) is 71.7 Å². The van der Waals surface area contributed by atoms with E-state index in [4.69, 9.17) is 14.7 Å². The molecule has 0 amide bonds. The van der Waals surface area contributed by atoms with Crippen molar-refractivity contribution in [1.29, 1.82) is 0 Å². The summed E-state index contributed by atoms with van der Waals surface area (Å²) in [6.45, 7) is 19.3. The van der Waals surface area contributed by atoms with Gasteiger partial charge < -0.3 is 24.3 Å². The molecule has 0 N–H and O–H groups in total. The molecule has 3 saturated heterocycles. The lowest BCUT2D eigenvalue weighted by Crippen LogP contribution is -2.57. The predicted octanol–water partition coefficient (Wildman–Crippen LogP) is 5.17. The molecule has 1 aromatic carbocycles. The number of ether oxygens (including phenoxy) is 1. The second-order valence-corrected chi connectivity index (χ2v) is 14.5. The number of piperazine rings is 1. The number of hydrogen-bond donors (Lipinski definition) is 0. The van der Waals surface area contributed by atoms with Gasteiger partial charge in [0, 0.05) is 102 Å². The minimum absolute atomic E-state index is 0.114. The third kappa shape index (κ3) is 6.37. The maximum Gasteiger partial charge on any atom is 0.229 e. The highest BCUT2D eigenvalue weighted by atomic mass is 16.5. The molecule has 0 spiro atoms. The fraction of sp³-hybridized carbons (Fsp3) is 0.722. The minimum Gasteiger partial charge on any atom is -0.493 e. The summed E-state index contributed by atoms with van der Waals surface area (Å²) in [5.41, 5.74) is 3.91. The van der Waals surface area contributed by atoms with Crippen molar-refractivity contribution in [2.75, 3.05) is 92.7 Å². The summed E-state index contributed by atoms with van der Waals surface area (Å²) < 4.78 is 6.09. The van der Waals surface area contributed by atoms with Crippen molar-refractivity contribution in [3.05, 3.63) is 28.8 Å². The fourth-order valence-corrected chi connectivity index (χ4v) is 8.11. The van der Waals surface area contributed by atoms with Gasteiger partial charge in [0.15, 0.2) is 6.23 Å². The molecule has 0 saturated carbocycles. The Morgan fingerprint density at radius 1 is 1.00 bits per heavy atom. The molecule has 0 bridgehead atoms. The van der Waals surface area contributed by atoms with Gasteiger partial charge in [-0.15, -0.1) is 0 Å². The predicted molar refractivity (Wildman–Crippen MR) is 186 cm³/mol. The third-order valence-corrected chi connectivity index (χ3v) is 11.4. The standard InChI is InChI=1S/C36H56N8O2/c1-8-36(5,34(45)40(7)30-21-28-29(37-6)13-20-46-33(28)27(4)26(30)3)24-41-18-19-44(25(2)23-41)32-22-31(42-14-9-10-15-42)38-35(39-32)43-16-11-12-17-43/h21-22,25,29,34H,8-20,23-24H2,1-7H3. The van der Waals surface area contributed by atoms with Crippen LogP contribution in [0.2, 0.25) is 0 Å². The van der Waals surface area contributed by atoms with Crippen LogP contribution in [-0.4, -0.2) is 100 Å². The molecule has 5 heterocycles. The van der Waals surface area contributed by atoms with Crippen LogP contribution in [0.25, 0.3) is 0 Å². The molecule has 2 aromatic rings. The number of benzene rings is 1. The molecule has 4 aliphatic heterocycles. The van der Waals surface area contributed by atoms with E-state index in [9.17, 15) is 5.11 Å². The van der Waals surface area contributed by atoms with E-state index in [1.807, 2.05) is 19.0 Å². The van der Waals surface area contributed by atoms with Crippen LogP contribution in [0.1, 0.15) is 82.0 Å². The second-order valence-electron chi connectivity index (χ2n) is 14.5.